The van der Waals surface area contributed by atoms with Crippen LogP contribution in [0.5, 0.6) is 0 Å². The van der Waals surface area contributed by atoms with Crippen molar-refractivity contribution >= 4 is 23.3 Å². The van der Waals surface area contributed by atoms with E-state index in [-0.39, 0.29) is 18.0 Å². The Morgan fingerprint density at radius 2 is 2.00 bits per heavy atom. The van der Waals surface area contributed by atoms with Crippen LogP contribution in [-0.4, -0.2) is 27.8 Å². The van der Waals surface area contributed by atoms with E-state index in [9.17, 15) is 20.2 Å². The van der Waals surface area contributed by atoms with Gasteiger partial charge in [0.05, 0.1) is 15.9 Å². The van der Waals surface area contributed by atoms with Crippen LogP contribution in [0.3, 0.4) is 0 Å². The Hall–Kier alpha value is -2.55. The lowest BCUT2D eigenvalue weighted by molar-refractivity contribution is -0.393. The topological polar surface area (TPSA) is 131 Å². The fraction of sp³-hybridized carbons (Fsp3) is 0.364. The second-order valence-corrected chi connectivity index (χ2v) is 3.86. The minimum absolute atomic E-state index is 0.0824. The minimum atomic E-state index is -0.712. The largest absolute Gasteiger partial charge is 0.396 e. The number of nitrogens with zero attached hydrogens (tertiary/aromatic N) is 3. The molecule has 1 aromatic rings. The molecule has 0 aliphatic rings. The average Bonchev–Trinajstić information content (AvgIpc) is 2.42. The molecule has 0 aromatic heterocycles. The van der Waals surface area contributed by atoms with Crippen molar-refractivity contribution in [2.75, 3.05) is 12.0 Å². The minimum Gasteiger partial charge on any atom is -0.396 e. The SMILES string of the molecule is O=[N+]([O-])c1ccc(N/N=C/CCCCO)c([N+](=O)[O-])c1. The number of aliphatic hydroxyl groups is 1. The molecule has 1 rings (SSSR count). The third-order valence-electron chi connectivity index (χ3n) is 2.41. The van der Waals surface area contributed by atoms with Gasteiger partial charge in [-0.05, 0) is 25.3 Å². The lowest BCUT2D eigenvalue weighted by Crippen LogP contribution is -1.98. The lowest BCUT2D eigenvalue weighted by atomic mass is 10.2. The van der Waals surface area contributed by atoms with Crippen LogP contribution >= 0.6 is 0 Å². The molecular formula is C11H14N4O5. The maximum Gasteiger partial charge on any atom is 0.301 e. The van der Waals surface area contributed by atoms with E-state index in [1.807, 2.05) is 0 Å². The first-order valence-corrected chi connectivity index (χ1v) is 5.87. The zero-order valence-electron chi connectivity index (χ0n) is 10.6. The van der Waals surface area contributed by atoms with Gasteiger partial charge in [0, 0.05) is 18.9 Å². The molecule has 0 aliphatic heterocycles. The summed E-state index contributed by atoms with van der Waals surface area (Å²) in [6.45, 7) is 0.106. The lowest BCUT2D eigenvalue weighted by Gasteiger charge is -2.01. The van der Waals surface area contributed by atoms with Crippen molar-refractivity contribution < 1.29 is 15.0 Å². The van der Waals surface area contributed by atoms with Gasteiger partial charge in [0.2, 0.25) is 0 Å². The number of nitrogens with one attached hydrogen (secondary N) is 1. The van der Waals surface area contributed by atoms with Gasteiger partial charge in [-0.1, -0.05) is 0 Å². The van der Waals surface area contributed by atoms with E-state index in [1.165, 1.54) is 12.3 Å². The molecule has 0 saturated carbocycles. The highest BCUT2D eigenvalue weighted by Crippen LogP contribution is 2.28. The van der Waals surface area contributed by atoms with Crippen molar-refractivity contribution in [1.29, 1.82) is 0 Å². The van der Waals surface area contributed by atoms with Gasteiger partial charge >= 0.3 is 5.69 Å². The van der Waals surface area contributed by atoms with Gasteiger partial charge in [0.25, 0.3) is 5.69 Å². The number of rotatable bonds is 8. The number of nitro benzene ring substituents is 2. The van der Waals surface area contributed by atoms with Crippen LogP contribution in [0, 0.1) is 20.2 Å². The summed E-state index contributed by atoms with van der Waals surface area (Å²) in [4.78, 5) is 20.0. The predicted octanol–water partition coefficient (Wildman–Crippen LogP) is 2.06. The molecule has 0 atom stereocenters. The van der Waals surface area contributed by atoms with Crippen LogP contribution in [-0.2, 0) is 0 Å². The first-order valence-electron chi connectivity index (χ1n) is 5.87. The number of aliphatic hydroxyl groups excluding tert-OH is 1. The van der Waals surface area contributed by atoms with Crippen molar-refractivity contribution in [3.05, 3.63) is 38.4 Å². The summed E-state index contributed by atoms with van der Waals surface area (Å²) in [7, 11) is 0. The quantitative estimate of drug-likeness (QED) is 0.324. The molecule has 0 saturated heterocycles. The van der Waals surface area contributed by atoms with Crippen molar-refractivity contribution in [2.24, 2.45) is 5.10 Å². The number of benzene rings is 1. The molecule has 0 amide bonds. The summed E-state index contributed by atoms with van der Waals surface area (Å²) in [6.07, 6.45) is 3.56. The summed E-state index contributed by atoms with van der Waals surface area (Å²) in [5, 5.41) is 33.8. The Morgan fingerprint density at radius 3 is 2.60 bits per heavy atom. The van der Waals surface area contributed by atoms with E-state index >= 15 is 0 Å². The number of anilines is 1. The van der Waals surface area contributed by atoms with E-state index in [1.54, 1.807) is 0 Å². The van der Waals surface area contributed by atoms with Crippen molar-refractivity contribution in [1.82, 2.24) is 0 Å². The first-order chi connectivity index (χ1) is 9.56. The molecule has 0 unspecified atom stereocenters. The molecule has 0 aliphatic carbocycles. The standard InChI is InChI=1S/C11H14N4O5/c16-7-3-1-2-6-12-13-10-5-4-9(14(17)18)8-11(10)15(19)20/h4-6,8,13,16H,1-3,7H2/b12-6+. The van der Waals surface area contributed by atoms with Gasteiger partial charge in [-0.25, -0.2) is 0 Å². The second kappa shape index (κ2) is 7.79. The molecule has 9 heteroatoms. The summed E-state index contributed by atoms with van der Waals surface area (Å²) < 4.78 is 0. The highest BCUT2D eigenvalue weighted by molar-refractivity contribution is 5.67. The molecule has 108 valence electrons. The Morgan fingerprint density at radius 1 is 1.25 bits per heavy atom. The van der Waals surface area contributed by atoms with E-state index in [4.69, 9.17) is 5.11 Å². The van der Waals surface area contributed by atoms with Crippen LogP contribution in [0.25, 0.3) is 0 Å². The van der Waals surface area contributed by atoms with E-state index in [0.717, 1.165) is 18.6 Å². The van der Waals surface area contributed by atoms with E-state index in [0.29, 0.717) is 12.8 Å². The fourth-order valence-electron chi connectivity index (χ4n) is 1.41. The Kier molecular flexibility index (Phi) is 6.04. The van der Waals surface area contributed by atoms with Crippen LogP contribution < -0.4 is 5.43 Å². The number of hydrazone groups is 1. The van der Waals surface area contributed by atoms with Crippen LogP contribution in [0.15, 0.2) is 23.3 Å². The van der Waals surface area contributed by atoms with E-state index < -0.39 is 15.5 Å². The van der Waals surface area contributed by atoms with Gasteiger partial charge < -0.3 is 5.11 Å². The highest BCUT2D eigenvalue weighted by Gasteiger charge is 2.18. The zero-order chi connectivity index (χ0) is 15.0. The number of nitro groups is 2. The Bertz CT molecular complexity index is 518. The summed E-state index contributed by atoms with van der Waals surface area (Å²) in [5.41, 5.74) is 1.80. The molecule has 0 radical (unpaired) electrons. The average molecular weight is 282 g/mol. The Balaban J connectivity index is 2.74. The van der Waals surface area contributed by atoms with Crippen LogP contribution in [0.1, 0.15) is 19.3 Å². The molecule has 1 aromatic carbocycles. The van der Waals surface area contributed by atoms with Gasteiger partial charge in [0.1, 0.15) is 5.69 Å². The molecule has 0 bridgehead atoms. The van der Waals surface area contributed by atoms with Gasteiger partial charge in [-0.2, -0.15) is 5.10 Å². The summed E-state index contributed by atoms with van der Waals surface area (Å²) in [5.74, 6) is 0. The van der Waals surface area contributed by atoms with Crippen LogP contribution in [0.2, 0.25) is 0 Å². The molecule has 20 heavy (non-hydrogen) atoms. The molecule has 0 heterocycles. The summed E-state index contributed by atoms with van der Waals surface area (Å²) >= 11 is 0. The molecular weight excluding hydrogens is 268 g/mol. The second-order valence-electron chi connectivity index (χ2n) is 3.86. The maximum absolute atomic E-state index is 10.8. The monoisotopic (exact) mass is 282 g/mol. The van der Waals surface area contributed by atoms with E-state index in [2.05, 4.69) is 10.5 Å². The smallest absolute Gasteiger partial charge is 0.301 e. The molecule has 0 fully saturated rings. The third kappa shape index (κ3) is 4.61. The van der Waals surface area contributed by atoms with Crippen molar-refractivity contribution in [3.8, 4) is 0 Å². The summed E-state index contributed by atoms with van der Waals surface area (Å²) in [6, 6.07) is 3.28. The number of hydrogen-bond acceptors (Lipinski definition) is 7. The van der Waals surface area contributed by atoms with Gasteiger partial charge in [-0.15, -0.1) is 0 Å². The third-order valence-corrected chi connectivity index (χ3v) is 2.41. The maximum atomic E-state index is 10.8. The van der Waals surface area contributed by atoms with Crippen molar-refractivity contribution in [3.63, 3.8) is 0 Å². The fourth-order valence-corrected chi connectivity index (χ4v) is 1.41. The first kappa shape index (κ1) is 15.5. The highest BCUT2D eigenvalue weighted by atomic mass is 16.6. The van der Waals surface area contributed by atoms with Crippen LogP contribution in [0.4, 0.5) is 17.1 Å². The molecule has 0 spiro atoms. The predicted molar refractivity (Wildman–Crippen MR) is 72.8 cm³/mol. The number of unbranched alkanes of at least 4 members (excludes halogenated alkanes) is 2. The van der Waals surface area contributed by atoms with Gasteiger partial charge in [0.15, 0.2) is 0 Å². The number of hydrogen-bond donors (Lipinski definition) is 2. The normalized spacial score (nSPS) is 10.7. The van der Waals surface area contributed by atoms with Crippen molar-refractivity contribution in [2.45, 2.75) is 19.3 Å². The molecule has 2 N–H and O–H groups in total. The van der Waals surface area contributed by atoms with Gasteiger partial charge in [-0.3, -0.25) is 25.7 Å². The zero-order valence-corrected chi connectivity index (χ0v) is 10.6. The molecule has 9 nitrogen and oxygen atoms in total. The Labute approximate surface area is 114 Å². The number of non-ortho nitro benzene ring substituents is 1.